The Bertz CT molecular complexity index is 1040. The molecule has 0 spiro atoms. The quantitative estimate of drug-likeness (QED) is 0.464. The molecule has 0 radical (unpaired) electrons. The summed E-state index contributed by atoms with van der Waals surface area (Å²) in [6.07, 6.45) is 4.39. The number of hydrogen-bond acceptors (Lipinski definition) is 9. The smallest absolute Gasteiger partial charge is 0.288 e. The Morgan fingerprint density at radius 2 is 2.07 bits per heavy atom. The average Bonchev–Trinajstić information content (AvgIpc) is 3.14. The fourth-order valence-corrected chi connectivity index (χ4v) is 3.91. The van der Waals surface area contributed by atoms with Crippen LogP contribution in [0.4, 0.5) is 5.69 Å². The number of likely N-dealkylation sites (tertiary alicyclic amines) is 1. The number of pyridine rings is 1. The first-order valence-electron chi connectivity index (χ1n) is 9.52. The predicted molar refractivity (Wildman–Crippen MR) is 106 cm³/mol. The molecular weight excluding hydrogens is 414 g/mol. The van der Waals surface area contributed by atoms with E-state index in [0.29, 0.717) is 36.6 Å². The van der Waals surface area contributed by atoms with Gasteiger partial charge in [0.15, 0.2) is 5.82 Å². The lowest BCUT2D eigenvalue weighted by molar-refractivity contribution is -0.385. The van der Waals surface area contributed by atoms with Gasteiger partial charge in [-0.15, -0.1) is 0 Å². The molecule has 1 fully saturated rings. The summed E-state index contributed by atoms with van der Waals surface area (Å²) in [4.78, 5) is 32.7. The summed E-state index contributed by atoms with van der Waals surface area (Å²) < 4.78 is 27.7. The molecule has 0 atom stereocenters. The first-order chi connectivity index (χ1) is 14.1. The second-order valence-corrected chi connectivity index (χ2v) is 9.77. The first-order valence-corrected chi connectivity index (χ1v) is 11.6. The van der Waals surface area contributed by atoms with E-state index in [-0.39, 0.29) is 35.6 Å². The number of rotatable bonds is 7. The third-order valence-electron chi connectivity index (χ3n) is 5.11. The summed E-state index contributed by atoms with van der Waals surface area (Å²) in [6.45, 7) is 2.83. The molecule has 3 heterocycles. The van der Waals surface area contributed by atoms with E-state index >= 15 is 0 Å². The van der Waals surface area contributed by atoms with Crippen LogP contribution in [0.25, 0.3) is 11.5 Å². The van der Waals surface area contributed by atoms with Gasteiger partial charge in [0.25, 0.3) is 11.6 Å². The van der Waals surface area contributed by atoms with E-state index in [9.17, 15) is 23.3 Å². The first kappa shape index (κ1) is 21.8. The zero-order valence-corrected chi connectivity index (χ0v) is 17.6. The van der Waals surface area contributed by atoms with Crippen LogP contribution in [0.1, 0.15) is 30.8 Å². The van der Waals surface area contributed by atoms with Gasteiger partial charge >= 0.3 is 0 Å². The Hall–Kier alpha value is -2.89. The van der Waals surface area contributed by atoms with Crippen molar-refractivity contribution in [2.24, 2.45) is 5.92 Å². The third-order valence-corrected chi connectivity index (χ3v) is 6.05. The number of aryl methyl sites for hydroxylation is 1. The van der Waals surface area contributed by atoms with E-state index in [2.05, 4.69) is 15.1 Å². The molecule has 2 aromatic heterocycles. The lowest BCUT2D eigenvalue weighted by atomic mass is 9.93. The number of carbonyl (C=O) groups is 1. The molecule has 0 aromatic carbocycles. The second-order valence-electron chi connectivity index (χ2n) is 7.51. The number of aromatic nitrogens is 3. The van der Waals surface area contributed by atoms with E-state index in [1.807, 2.05) is 0 Å². The molecule has 11 nitrogen and oxygen atoms in total. The van der Waals surface area contributed by atoms with Crippen LogP contribution in [0.2, 0.25) is 0 Å². The highest BCUT2D eigenvalue weighted by atomic mass is 32.2. The summed E-state index contributed by atoms with van der Waals surface area (Å²) in [5.74, 6) is 0.668. The van der Waals surface area contributed by atoms with Crippen LogP contribution in [0.15, 0.2) is 16.8 Å². The number of nitro groups is 1. The number of sulfone groups is 1. The zero-order chi connectivity index (χ0) is 21.9. The summed E-state index contributed by atoms with van der Waals surface area (Å²) in [5.41, 5.74) is 0.828. The summed E-state index contributed by atoms with van der Waals surface area (Å²) >= 11 is 0. The zero-order valence-electron chi connectivity index (χ0n) is 16.8. The van der Waals surface area contributed by atoms with E-state index in [0.717, 1.165) is 19.1 Å². The van der Waals surface area contributed by atoms with Crippen LogP contribution in [0, 0.1) is 23.0 Å². The topological polar surface area (TPSA) is 149 Å². The number of amides is 1. The Balaban J connectivity index is 1.57. The maximum absolute atomic E-state index is 12.1. The van der Waals surface area contributed by atoms with E-state index in [4.69, 9.17) is 4.52 Å². The largest absolute Gasteiger partial charge is 0.343 e. The Morgan fingerprint density at radius 1 is 1.37 bits per heavy atom. The lowest BCUT2D eigenvalue weighted by Gasteiger charge is -2.31. The Labute approximate surface area is 173 Å². The standard InChI is InChI=1S/C18H23N5O6S/c1-12-15(10-14(11-19-12)23(25)26)18-20-16(21-29-18)9-13-3-6-22(7-4-13)17(24)5-8-30(2,27)28/h10-11,13H,3-9H2,1-2H3. The van der Waals surface area contributed by atoms with Gasteiger partial charge < -0.3 is 9.42 Å². The van der Waals surface area contributed by atoms with Crippen LogP contribution in [-0.4, -0.2) is 64.4 Å². The van der Waals surface area contributed by atoms with E-state index in [1.54, 1.807) is 11.8 Å². The van der Waals surface area contributed by atoms with Crippen LogP contribution >= 0.6 is 0 Å². The number of nitrogens with zero attached hydrogens (tertiary/aromatic N) is 5. The maximum atomic E-state index is 12.1. The molecule has 162 valence electrons. The third kappa shape index (κ3) is 5.59. The summed E-state index contributed by atoms with van der Waals surface area (Å²) in [5, 5.41) is 15.0. The summed E-state index contributed by atoms with van der Waals surface area (Å²) in [6, 6.07) is 1.36. The molecule has 0 aliphatic carbocycles. The fraction of sp³-hybridized carbons (Fsp3) is 0.556. The number of carbonyl (C=O) groups excluding carboxylic acids is 1. The molecule has 3 rings (SSSR count). The molecule has 1 amide bonds. The minimum absolute atomic E-state index is 0.00823. The normalized spacial score (nSPS) is 15.3. The fourth-order valence-electron chi connectivity index (χ4n) is 3.36. The van der Waals surface area contributed by atoms with Gasteiger partial charge in [-0.3, -0.25) is 19.9 Å². The van der Waals surface area contributed by atoms with Crippen molar-refractivity contribution < 1.29 is 22.7 Å². The average molecular weight is 437 g/mol. The van der Waals surface area contributed by atoms with Gasteiger partial charge in [-0.25, -0.2) is 8.42 Å². The van der Waals surface area contributed by atoms with Crippen molar-refractivity contribution in [1.29, 1.82) is 0 Å². The maximum Gasteiger partial charge on any atom is 0.288 e. The molecule has 12 heteroatoms. The number of piperidine rings is 1. The summed E-state index contributed by atoms with van der Waals surface area (Å²) in [7, 11) is -3.16. The highest BCUT2D eigenvalue weighted by Gasteiger charge is 2.25. The van der Waals surface area contributed by atoms with Gasteiger partial charge in [0.1, 0.15) is 16.0 Å². The minimum atomic E-state index is -3.16. The van der Waals surface area contributed by atoms with Crippen molar-refractivity contribution in [3.63, 3.8) is 0 Å². The van der Waals surface area contributed by atoms with Gasteiger partial charge in [0.2, 0.25) is 5.91 Å². The van der Waals surface area contributed by atoms with E-state index < -0.39 is 14.8 Å². The molecule has 0 N–H and O–H groups in total. The van der Waals surface area contributed by atoms with Crippen molar-refractivity contribution in [3.8, 4) is 11.5 Å². The lowest BCUT2D eigenvalue weighted by Crippen LogP contribution is -2.39. The molecule has 0 unspecified atom stereocenters. The second kappa shape index (κ2) is 8.86. The molecule has 2 aromatic rings. The van der Waals surface area contributed by atoms with Gasteiger partial charge in [0.05, 0.1) is 21.9 Å². The van der Waals surface area contributed by atoms with Crippen LogP contribution in [0.5, 0.6) is 0 Å². The van der Waals surface area contributed by atoms with Crippen LogP contribution < -0.4 is 0 Å². The Morgan fingerprint density at radius 3 is 2.70 bits per heavy atom. The molecule has 1 aliphatic heterocycles. The Kier molecular flexibility index (Phi) is 6.44. The van der Waals surface area contributed by atoms with Gasteiger partial charge in [-0.1, -0.05) is 5.16 Å². The molecule has 30 heavy (non-hydrogen) atoms. The molecule has 1 saturated heterocycles. The molecular formula is C18H23N5O6S. The van der Waals surface area contributed by atoms with Crippen molar-refractivity contribution in [1.82, 2.24) is 20.0 Å². The van der Waals surface area contributed by atoms with E-state index in [1.165, 1.54) is 12.3 Å². The molecule has 1 aliphatic rings. The van der Waals surface area contributed by atoms with Gasteiger partial charge in [-0.2, -0.15) is 4.98 Å². The highest BCUT2D eigenvalue weighted by molar-refractivity contribution is 7.90. The highest BCUT2D eigenvalue weighted by Crippen LogP contribution is 2.26. The van der Waals surface area contributed by atoms with Crippen LogP contribution in [0.3, 0.4) is 0 Å². The molecule has 0 saturated carbocycles. The van der Waals surface area contributed by atoms with Crippen molar-refractivity contribution in [2.45, 2.75) is 32.6 Å². The van der Waals surface area contributed by atoms with Crippen molar-refractivity contribution in [3.05, 3.63) is 33.9 Å². The minimum Gasteiger partial charge on any atom is -0.343 e. The van der Waals surface area contributed by atoms with Gasteiger partial charge in [-0.05, 0) is 25.7 Å². The monoisotopic (exact) mass is 437 g/mol. The predicted octanol–water partition coefficient (Wildman–Crippen LogP) is 1.56. The molecule has 0 bridgehead atoms. The number of hydrogen-bond donors (Lipinski definition) is 0. The van der Waals surface area contributed by atoms with Crippen LogP contribution in [-0.2, 0) is 21.1 Å². The van der Waals surface area contributed by atoms with Crippen molar-refractivity contribution in [2.75, 3.05) is 25.1 Å². The van der Waals surface area contributed by atoms with Gasteiger partial charge in [0, 0.05) is 38.3 Å². The van der Waals surface area contributed by atoms with Crippen molar-refractivity contribution >= 4 is 21.4 Å². The SMILES string of the molecule is Cc1ncc([N+](=O)[O-])cc1-c1nc(CC2CCN(C(=O)CCS(C)(=O)=O)CC2)no1.